The topological polar surface area (TPSA) is 49.2 Å². The van der Waals surface area contributed by atoms with Crippen LogP contribution in [0, 0.1) is 0 Å². The van der Waals surface area contributed by atoms with Crippen molar-refractivity contribution in [2.75, 3.05) is 39.5 Å². The van der Waals surface area contributed by atoms with Gasteiger partial charge in [0, 0.05) is 5.02 Å². The summed E-state index contributed by atoms with van der Waals surface area (Å²) in [6.07, 6.45) is -0.162. The van der Waals surface area contributed by atoms with E-state index in [-0.39, 0.29) is 12.7 Å². The fourth-order valence-corrected chi connectivity index (χ4v) is 2.76. The largest absolute Gasteiger partial charge is 0.480 e. The first kappa shape index (κ1) is 17.3. The van der Waals surface area contributed by atoms with Gasteiger partial charge in [0.05, 0.1) is 18.2 Å². The second-order valence-electron chi connectivity index (χ2n) is 5.23. The van der Waals surface area contributed by atoms with Crippen molar-refractivity contribution >= 4 is 29.2 Å². The average molecular weight is 349 g/mol. The number of carbonyl (C=O) groups is 1. The molecule has 1 aromatic carbocycles. The quantitative estimate of drug-likeness (QED) is 0.785. The third kappa shape index (κ3) is 5.65. The standard InChI is InChI=1S/C15H19Cl2NO4/c1-11(9-18-4-6-20-7-5-18)22-15(19)10-21-14-3-2-12(16)8-13(14)17/h2-3,8,11H,4-7,9-10H2,1H3/p+1. The van der Waals surface area contributed by atoms with Gasteiger partial charge in [-0.05, 0) is 25.1 Å². The van der Waals surface area contributed by atoms with Crippen LogP contribution >= 0.6 is 23.2 Å². The van der Waals surface area contributed by atoms with Crippen LogP contribution in [0.2, 0.25) is 10.0 Å². The number of hydrogen-bond donors (Lipinski definition) is 1. The molecule has 1 aliphatic heterocycles. The van der Waals surface area contributed by atoms with Gasteiger partial charge in [-0.1, -0.05) is 23.2 Å². The molecule has 1 N–H and O–H groups in total. The minimum atomic E-state index is -0.411. The molecule has 1 heterocycles. The van der Waals surface area contributed by atoms with E-state index in [0.29, 0.717) is 15.8 Å². The van der Waals surface area contributed by atoms with Crippen molar-refractivity contribution in [1.82, 2.24) is 0 Å². The highest BCUT2D eigenvalue weighted by Gasteiger charge is 2.20. The van der Waals surface area contributed by atoms with E-state index < -0.39 is 5.97 Å². The van der Waals surface area contributed by atoms with Crippen molar-refractivity contribution in [2.45, 2.75) is 13.0 Å². The predicted molar refractivity (Wildman–Crippen MR) is 83.9 cm³/mol. The summed E-state index contributed by atoms with van der Waals surface area (Å²) in [7, 11) is 0. The molecule has 0 radical (unpaired) electrons. The molecule has 22 heavy (non-hydrogen) atoms. The number of quaternary nitrogens is 1. The van der Waals surface area contributed by atoms with E-state index in [9.17, 15) is 4.79 Å². The number of esters is 1. The third-order valence-electron chi connectivity index (χ3n) is 3.35. The van der Waals surface area contributed by atoms with Crippen LogP contribution in [-0.4, -0.2) is 51.5 Å². The molecule has 2 rings (SSSR count). The second kappa shape index (κ2) is 8.58. The van der Waals surface area contributed by atoms with E-state index >= 15 is 0 Å². The number of benzene rings is 1. The van der Waals surface area contributed by atoms with Gasteiger partial charge in [-0.25, -0.2) is 4.79 Å². The van der Waals surface area contributed by atoms with E-state index in [1.54, 1.807) is 18.2 Å². The lowest BCUT2D eigenvalue weighted by molar-refractivity contribution is -0.910. The number of carbonyl (C=O) groups excluding carboxylic acids is 1. The summed E-state index contributed by atoms with van der Waals surface area (Å²) < 4.78 is 16.0. The zero-order chi connectivity index (χ0) is 15.9. The molecule has 5 nitrogen and oxygen atoms in total. The van der Waals surface area contributed by atoms with Gasteiger partial charge in [-0.3, -0.25) is 0 Å². The van der Waals surface area contributed by atoms with Gasteiger partial charge in [0.15, 0.2) is 6.61 Å². The maximum atomic E-state index is 11.8. The van der Waals surface area contributed by atoms with Crippen LogP contribution in [-0.2, 0) is 14.3 Å². The van der Waals surface area contributed by atoms with Crippen molar-refractivity contribution in [3.05, 3.63) is 28.2 Å². The lowest BCUT2D eigenvalue weighted by atomic mass is 10.3. The smallest absolute Gasteiger partial charge is 0.344 e. The lowest BCUT2D eigenvalue weighted by Crippen LogP contribution is -3.15. The van der Waals surface area contributed by atoms with E-state index in [2.05, 4.69) is 0 Å². The van der Waals surface area contributed by atoms with Crippen LogP contribution in [0.25, 0.3) is 0 Å². The normalized spacial score (nSPS) is 17.0. The molecule has 1 unspecified atom stereocenters. The third-order valence-corrected chi connectivity index (χ3v) is 3.88. The maximum Gasteiger partial charge on any atom is 0.344 e. The number of halogens is 2. The molecule has 0 bridgehead atoms. The Morgan fingerprint density at radius 2 is 2.09 bits per heavy atom. The van der Waals surface area contributed by atoms with E-state index in [1.807, 2.05) is 6.92 Å². The van der Waals surface area contributed by atoms with Crippen molar-refractivity contribution in [3.8, 4) is 5.75 Å². The van der Waals surface area contributed by atoms with Gasteiger partial charge in [-0.15, -0.1) is 0 Å². The van der Waals surface area contributed by atoms with Gasteiger partial charge in [-0.2, -0.15) is 0 Å². The van der Waals surface area contributed by atoms with E-state index in [0.717, 1.165) is 32.8 Å². The van der Waals surface area contributed by atoms with Gasteiger partial charge >= 0.3 is 5.97 Å². The number of nitrogens with one attached hydrogen (secondary N) is 1. The SMILES string of the molecule is CC(C[NH+]1CCOCC1)OC(=O)COc1ccc(Cl)cc1Cl. The molecule has 1 saturated heterocycles. The minimum Gasteiger partial charge on any atom is -0.480 e. The molecule has 122 valence electrons. The highest BCUT2D eigenvalue weighted by atomic mass is 35.5. The summed E-state index contributed by atoms with van der Waals surface area (Å²) in [5.41, 5.74) is 0. The first-order valence-corrected chi connectivity index (χ1v) is 7.99. The minimum absolute atomic E-state index is 0.162. The summed E-state index contributed by atoms with van der Waals surface area (Å²) in [4.78, 5) is 13.2. The number of rotatable bonds is 6. The number of hydrogen-bond acceptors (Lipinski definition) is 4. The molecule has 0 spiro atoms. The summed E-state index contributed by atoms with van der Waals surface area (Å²) in [5.74, 6) is 0.000602. The fourth-order valence-electron chi connectivity index (χ4n) is 2.30. The van der Waals surface area contributed by atoms with Crippen LogP contribution in [0.1, 0.15) is 6.92 Å². The van der Waals surface area contributed by atoms with Crippen molar-refractivity contribution in [1.29, 1.82) is 0 Å². The Hall–Kier alpha value is -1.01. The Bertz CT molecular complexity index is 506. The zero-order valence-electron chi connectivity index (χ0n) is 12.4. The van der Waals surface area contributed by atoms with E-state index in [1.165, 1.54) is 4.90 Å². The molecule has 0 aliphatic carbocycles. The first-order valence-electron chi connectivity index (χ1n) is 7.23. The maximum absolute atomic E-state index is 11.8. The molecule has 0 aromatic heterocycles. The van der Waals surface area contributed by atoms with Crippen LogP contribution < -0.4 is 9.64 Å². The predicted octanol–water partition coefficient (Wildman–Crippen LogP) is 1.22. The highest BCUT2D eigenvalue weighted by molar-refractivity contribution is 6.35. The van der Waals surface area contributed by atoms with Gasteiger partial charge < -0.3 is 19.1 Å². The summed E-state index contributed by atoms with van der Waals surface area (Å²) in [6, 6.07) is 4.84. The number of ether oxygens (including phenoxy) is 3. The average Bonchev–Trinajstić information content (AvgIpc) is 2.47. The zero-order valence-corrected chi connectivity index (χ0v) is 14.0. The van der Waals surface area contributed by atoms with Crippen LogP contribution in [0.3, 0.4) is 0 Å². The lowest BCUT2D eigenvalue weighted by Gasteiger charge is -2.26. The molecular formula is C15H20Cl2NO4+. The second-order valence-corrected chi connectivity index (χ2v) is 6.07. The molecular weight excluding hydrogens is 329 g/mol. The van der Waals surface area contributed by atoms with Gasteiger partial charge in [0.1, 0.15) is 31.5 Å². The van der Waals surface area contributed by atoms with Gasteiger partial charge in [0.2, 0.25) is 0 Å². The van der Waals surface area contributed by atoms with Crippen molar-refractivity contribution in [2.24, 2.45) is 0 Å². The molecule has 1 fully saturated rings. The van der Waals surface area contributed by atoms with Crippen LogP contribution in [0.15, 0.2) is 18.2 Å². The molecule has 7 heteroatoms. The molecule has 1 aromatic rings. The molecule has 1 aliphatic rings. The van der Waals surface area contributed by atoms with Crippen molar-refractivity contribution in [3.63, 3.8) is 0 Å². The molecule has 1 atom stereocenters. The Labute approximate surface area is 140 Å². The first-order chi connectivity index (χ1) is 10.5. The monoisotopic (exact) mass is 348 g/mol. The number of morpholine rings is 1. The van der Waals surface area contributed by atoms with Crippen molar-refractivity contribution < 1.29 is 23.9 Å². The highest BCUT2D eigenvalue weighted by Crippen LogP contribution is 2.27. The molecule has 0 amide bonds. The summed E-state index contributed by atoms with van der Waals surface area (Å²) >= 11 is 11.8. The Morgan fingerprint density at radius 1 is 1.36 bits per heavy atom. The molecule has 0 saturated carbocycles. The summed E-state index contributed by atoms with van der Waals surface area (Å²) in [6.45, 7) is 5.89. The van der Waals surface area contributed by atoms with Crippen LogP contribution in [0.4, 0.5) is 0 Å². The fraction of sp³-hybridized carbons (Fsp3) is 0.533. The summed E-state index contributed by atoms with van der Waals surface area (Å²) in [5, 5.41) is 0.883. The Morgan fingerprint density at radius 3 is 2.77 bits per heavy atom. The Kier molecular flexibility index (Phi) is 6.76. The Balaban J connectivity index is 1.72. The van der Waals surface area contributed by atoms with Crippen LogP contribution in [0.5, 0.6) is 5.75 Å². The van der Waals surface area contributed by atoms with Gasteiger partial charge in [0.25, 0.3) is 0 Å². The van der Waals surface area contributed by atoms with E-state index in [4.69, 9.17) is 37.4 Å².